The molecule has 1 aliphatic carbocycles. The maximum atomic E-state index is 12.8. The molecule has 0 unspecified atom stereocenters. The second-order valence-corrected chi connectivity index (χ2v) is 7.21. The standard InChI is InChI=1S/C20H21ClFN3O3/c21-14-3-1-13(2-4-14)18(26)9-10-19(27)25-16-5-7-17(8-6-16)28-20-23-11-15(22)12-24-20/h1-4,11-12,16-17H,5-10H2,(H,25,27). The molecule has 0 bridgehead atoms. The van der Waals surface area contributed by atoms with Crippen molar-refractivity contribution >= 4 is 23.3 Å². The summed E-state index contributed by atoms with van der Waals surface area (Å²) in [6, 6.07) is 6.86. The first-order valence-electron chi connectivity index (χ1n) is 9.22. The van der Waals surface area contributed by atoms with Gasteiger partial charge in [0.05, 0.1) is 12.4 Å². The lowest BCUT2D eigenvalue weighted by Crippen LogP contribution is -2.39. The highest BCUT2D eigenvalue weighted by Crippen LogP contribution is 2.22. The third-order valence-electron chi connectivity index (χ3n) is 4.65. The Kier molecular flexibility index (Phi) is 6.92. The zero-order valence-electron chi connectivity index (χ0n) is 15.2. The number of nitrogens with one attached hydrogen (secondary N) is 1. The van der Waals surface area contributed by atoms with E-state index in [4.69, 9.17) is 16.3 Å². The normalized spacial score (nSPS) is 19.1. The van der Waals surface area contributed by atoms with E-state index >= 15 is 0 Å². The van der Waals surface area contributed by atoms with Crippen molar-refractivity contribution in [3.63, 3.8) is 0 Å². The summed E-state index contributed by atoms with van der Waals surface area (Å²) in [6.07, 6.45) is 5.43. The largest absolute Gasteiger partial charge is 0.460 e. The summed E-state index contributed by atoms with van der Waals surface area (Å²) in [5.41, 5.74) is 0.554. The fourth-order valence-corrected chi connectivity index (χ4v) is 3.27. The van der Waals surface area contributed by atoms with E-state index in [-0.39, 0.29) is 42.7 Å². The van der Waals surface area contributed by atoms with Gasteiger partial charge in [-0.3, -0.25) is 9.59 Å². The monoisotopic (exact) mass is 405 g/mol. The molecule has 0 saturated heterocycles. The molecule has 2 aromatic rings. The summed E-state index contributed by atoms with van der Waals surface area (Å²) in [4.78, 5) is 31.8. The van der Waals surface area contributed by atoms with E-state index in [9.17, 15) is 14.0 Å². The minimum atomic E-state index is -0.506. The van der Waals surface area contributed by atoms with E-state index in [1.165, 1.54) is 0 Å². The van der Waals surface area contributed by atoms with Crippen molar-refractivity contribution in [3.8, 4) is 6.01 Å². The second kappa shape index (κ2) is 9.59. The fraction of sp³-hybridized carbons (Fsp3) is 0.400. The van der Waals surface area contributed by atoms with E-state index in [0.717, 1.165) is 38.1 Å². The van der Waals surface area contributed by atoms with Crippen LogP contribution < -0.4 is 10.1 Å². The van der Waals surface area contributed by atoms with Crippen LogP contribution >= 0.6 is 11.6 Å². The average Bonchev–Trinajstić information content (AvgIpc) is 2.70. The van der Waals surface area contributed by atoms with Gasteiger partial charge < -0.3 is 10.1 Å². The van der Waals surface area contributed by atoms with Crippen molar-refractivity contribution in [3.05, 3.63) is 53.1 Å². The second-order valence-electron chi connectivity index (χ2n) is 6.77. The predicted octanol–water partition coefficient (Wildman–Crippen LogP) is 3.74. The van der Waals surface area contributed by atoms with Crippen LogP contribution in [0.5, 0.6) is 6.01 Å². The Morgan fingerprint density at radius 2 is 1.71 bits per heavy atom. The highest BCUT2D eigenvalue weighted by molar-refractivity contribution is 6.30. The SMILES string of the molecule is O=C(CCC(=O)c1ccc(Cl)cc1)NC1CCC(Oc2ncc(F)cn2)CC1. The number of halogens is 2. The Morgan fingerprint density at radius 1 is 1.07 bits per heavy atom. The molecular formula is C20H21ClFN3O3. The van der Waals surface area contributed by atoms with Gasteiger partial charge in [-0.05, 0) is 49.9 Å². The number of rotatable bonds is 7. The first-order chi connectivity index (χ1) is 13.5. The highest BCUT2D eigenvalue weighted by Gasteiger charge is 2.24. The van der Waals surface area contributed by atoms with Gasteiger partial charge in [0, 0.05) is 29.5 Å². The van der Waals surface area contributed by atoms with Crippen molar-refractivity contribution in [2.45, 2.75) is 50.7 Å². The van der Waals surface area contributed by atoms with Gasteiger partial charge in [-0.1, -0.05) is 11.6 Å². The number of nitrogens with zero attached hydrogens (tertiary/aromatic N) is 2. The molecule has 6 nitrogen and oxygen atoms in total. The number of ketones is 1. The number of carbonyl (C=O) groups excluding carboxylic acids is 2. The van der Waals surface area contributed by atoms with Crippen molar-refractivity contribution in [2.75, 3.05) is 0 Å². The molecule has 1 N–H and O–H groups in total. The third-order valence-corrected chi connectivity index (χ3v) is 4.91. The molecule has 1 fully saturated rings. The number of carbonyl (C=O) groups is 2. The van der Waals surface area contributed by atoms with Gasteiger partial charge in [0.25, 0.3) is 0 Å². The molecule has 148 valence electrons. The Labute approximate surface area is 167 Å². The molecule has 0 radical (unpaired) electrons. The Bertz CT molecular complexity index is 806. The third kappa shape index (κ3) is 5.99. The maximum Gasteiger partial charge on any atom is 0.316 e. The van der Waals surface area contributed by atoms with Gasteiger partial charge in [-0.2, -0.15) is 0 Å². The van der Waals surface area contributed by atoms with E-state index < -0.39 is 5.82 Å². The summed E-state index contributed by atoms with van der Waals surface area (Å²) >= 11 is 5.81. The van der Waals surface area contributed by atoms with Gasteiger partial charge >= 0.3 is 6.01 Å². The molecule has 1 aliphatic rings. The maximum absolute atomic E-state index is 12.8. The number of hydrogen-bond donors (Lipinski definition) is 1. The summed E-state index contributed by atoms with van der Waals surface area (Å²) in [5, 5.41) is 3.55. The number of amides is 1. The average molecular weight is 406 g/mol. The van der Waals surface area contributed by atoms with E-state index in [1.54, 1.807) is 24.3 Å². The molecule has 0 spiro atoms. The van der Waals surface area contributed by atoms with Crippen LogP contribution in [0.15, 0.2) is 36.7 Å². The lowest BCUT2D eigenvalue weighted by molar-refractivity contribution is -0.122. The number of aromatic nitrogens is 2. The molecule has 1 amide bonds. The summed E-state index contributed by atoms with van der Waals surface area (Å²) in [6.45, 7) is 0. The van der Waals surface area contributed by atoms with Crippen LogP contribution in [-0.4, -0.2) is 33.8 Å². The van der Waals surface area contributed by atoms with Crippen molar-refractivity contribution in [2.24, 2.45) is 0 Å². The van der Waals surface area contributed by atoms with Gasteiger partial charge in [-0.15, -0.1) is 0 Å². The summed E-state index contributed by atoms with van der Waals surface area (Å²) in [5.74, 6) is -0.718. The first-order valence-corrected chi connectivity index (χ1v) is 9.60. The fourth-order valence-electron chi connectivity index (χ4n) is 3.14. The number of hydrogen-bond acceptors (Lipinski definition) is 5. The van der Waals surface area contributed by atoms with Gasteiger partial charge in [0.2, 0.25) is 5.91 Å². The molecule has 0 aliphatic heterocycles. The summed E-state index contributed by atoms with van der Waals surface area (Å²) < 4.78 is 18.5. The van der Waals surface area contributed by atoms with Crippen LogP contribution in [0.2, 0.25) is 5.02 Å². The summed E-state index contributed by atoms with van der Waals surface area (Å²) in [7, 11) is 0. The van der Waals surface area contributed by atoms with Crippen molar-refractivity contribution in [1.29, 1.82) is 0 Å². The molecule has 0 atom stereocenters. The molecule has 28 heavy (non-hydrogen) atoms. The molecule has 1 heterocycles. The number of Topliss-reactive ketones (excluding diaryl/α,β-unsaturated/α-hetero) is 1. The van der Waals surface area contributed by atoms with E-state index in [0.29, 0.717) is 10.6 Å². The molecule has 1 saturated carbocycles. The molecular weight excluding hydrogens is 385 g/mol. The zero-order valence-corrected chi connectivity index (χ0v) is 16.0. The first kappa shape index (κ1) is 20.2. The topological polar surface area (TPSA) is 81.2 Å². The molecule has 1 aromatic carbocycles. The van der Waals surface area contributed by atoms with Gasteiger partial charge in [0.15, 0.2) is 11.6 Å². The van der Waals surface area contributed by atoms with Crippen LogP contribution in [-0.2, 0) is 4.79 Å². The van der Waals surface area contributed by atoms with E-state index in [1.807, 2.05) is 0 Å². The number of ether oxygens (including phenoxy) is 1. The van der Waals surface area contributed by atoms with Gasteiger partial charge in [0.1, 0.15) is 6.10 Å². The predicted molar refractivity (Wildman–Crippen MR) is 102 cm³/mol. The van der Waals surface area contributed by atoms with Crippen LogP contribution in [0.1, 0.15) is 48.9 Å². The smallest absolute Gasteiger partial charge is 0.316 e. The van der Waals surface area contributed by atoms with Crippen LogP contribution in [0, 0.1) is 5.82 Å². The van der Waals surface area contributed by atoms with Crippen molar-refractivity contribution < 1.29 is 18.7 Å². The highest BCUT2D eigenvalue weighted by atomic mass is 35.5. The minimum Gasteiger partial charge on any atom is -0.460 e. The molecule has 8 heteroatoms. The Balaban J connectivity index is 1.37. The van der Waals surface area contributed by atoms with Crippen molar-refractivity contribution in [1.82, 2.24) is 15.3 Å². The zero-order chi connectivity index (χ0) is 19.9. The van der Waals surface area contributed by atoms with Crippen LogP contribution in [0.4, 0.5) is 4.39 Å². The molecule has 3 rings (SSSR count). The Morgan fingerprint density at radius 3 is 2.36 bits per heavy atom. The van der Waals surface area contributed by atoms with Crippen LogP contribution in [0.25, 0.3) is 0 Å². The quantitative estimate of drug-likeness (QED) is 0.709. The molecule has 1 aromatic heterocycles. The number of benzene rings is 1. The minimum absolute atomic E-state index is 0.0508. The van der Waals surface area contributed by atoms with E-state index in [2.05, 4.69) is 15.3 Å². The van der Waals surface area contributed by atoms with Gasteiger partial charge in [-0.25, -0.2) is 14.4 Å². The Hall–Kier alpha value is -2.54. The lowest BCUT2D eigenvalue weighted by Gasteiger charge is -2.28. The van der Waals surface area contributed by atoms with Crippen LogP contribution in [0.3, 0.4) is 0 Å². The lowest BCUT2D eigenvalue weighted by atomic mass is 9.93.